The molecule has 0 saturated heterocycles. The highest BCUT2D eigenvalue weighted by molar-refractivity contribution is 6.01. The van der Waals surface area contributed by atoms with Crippen LogP contribution in [0.3, 0.4) is 0 Å². The van der Waals surface area contributed by atoms with Crippen LogP contribution in [0.4, 0.5) is 5.69 Å². The van der Waals surface area contributed by atoms with Gasteiger partial charge in [-0.25, -0.2) is 4.99 Å². The van der Waals surface area contributed by atoms with E-state index in [1.165, 1.54) is 17.7 Å². The Hall–Kier alpha value is -1.51. The highest BCUT2D eigenvalue weighted by Gasteiger charge is 2.25. The zero-order valence-electron chi connectivity index (χ0n) is 11.1. The first-order valence-electron chi connectivity index (χ1n) is 6.82. The second-order valence-electron chi connectivity index (χ2n) is 5.43. The zero-order valence-corrected chi connectivity index (χ0v) is 11.1. The minimum Gasteiger partial charge on any atom is -0.475 e. The van der Waals surface area contributed by atoms with Crippen LogP contribution in [0.2, 0.25) is 0 Å². The largest absolute Gasteiger partial charge is 0.475 e. The molecule has 0 aliphatic carbocycles. The molecule has 18 heavy (non-hydrogen) atoms. The number of para-hydroxylation sites is 1. The van der Waals surface area contributed by atoms with E-state index < -0.39 is 0 Å². The van der Waals surface area contributed by atoms with E-state index in [2.05, 4.69) is 37.4 Å². The maximum atomic E-state index is 5.79. The van der Waals surface area contributed by atoms with Gasteiger partial charge in [-0.3, -0.25) is 0 Å². The lowest BCUT2D eigenvalue weighted by Gasteiger charge is -2.20. The van der Waals surface area contributed by atoms with Gasteiger partial charge in [-0.1, -0.05) is 26.0 Å². The molecule has 1 N–H and O–H groups in total. The van der Waals surface area contributed by atoms with Gasteiger partial charge in [0, 0.05) is 6.54 Å². The number of nitrogens with one attached hydrogen (secondary N) is 1. The summed E-state index contributed by atoms with van der Waals surface area (Å²) >= 11 is 0. The minimum atomic E-state index is 0.305. The molecule has 1 aromatic rings. The van der Waals surface area contributed by atoms with Crippen molar-refractivity contribution < 1.29 is 4.74 Å². The molecule has 2 heterocycles. The number of nitrogens with zero attached hydrogens (tertiary/aromatic N) is 1. The molecule has 0 radical (unpaired) electrons. The predicted octanol–water partition coefficient (Wildman–Crippen LogP) is 2.85. The summed E-state index contributed by atoms with van der Waals surface area (Å²) in [6, 6.07) is 6.72. The van der Waals surface area contributed by atoms with Crippen molar-refractivity contribution in [2.45, 2.75) is 32.7 Å². The van der Waals surface area contributed by atoms with Gasteiger partial charge < -0.3 is 10.1 Å². The molecule has 0 unspecified atom stereocenters. The van der Waals surface area contributed by atoms with Crippen LogP contribution in [0.5, 0.6) is 0 Å². The molecule has 3 rings (SSSR count). The van der Waals surface area contributed by atoms with Crippen molar-refractivity contribution in [3.05, 3.63) is 29.3 Å². The summed E-state index contributed by atoms with van der Waals surface area (Å²) in [5.74, 6) is 1.36. The van der Waals surface area contributed by atoms with E-state index in [0.29, 0.717) is 12.0 Å². The Labute approximate surface area is 108 Å². The quantitative estimate of drug-likeness (QED) is 0.868. The molecule has 96 valence electrons. The van der Waals surface area contributed by atoms with E-state index in [1.54, 1.807) is 0 Å². The minimum absolute atomic E-state index is 0.305. The van der Waals surface area contributed by atoms with Crippen molar-refractivity contribution in [3.63, 3.8) is 0 Å². The SMILES string of the molecule is CC(C)[C@H]1COC(c2cccc3c2NCCC3)=N1. The third-order valence-electron chi connectivity index (χ3n) is 3.75. The predicted molar refractivity (Wildman–Crippen MR) is 74.4 cm³/mol. The standard InChI is InChI=1S/C15H20N2O/c1-10(2)13-9-18-15(17-13)12-7-3-5-11-6-4-8-16-14(11)12/h3,5,7,10,13,16H,4,6,8-9H2,1-2H3/t13-/m1/s1. The molecule has 0 spiro atoms. The second kappa shape index (κ2) is 4.63. The van der Waals surface area contributed by atoms with Crippen LogP contribution in [-0.4, -0.2) is 25.1 Å². The maximum absolute atomic E-state index is 5.79. The zero-order chi connectivity index (χ0) is 12.5. The fraction of sp³-hybridized carbons (Fsp3) is 0.533. The second-order valence-corrected chi connectivity index (χ2v) is 5.43. The molecule has 0 amide bonds. The number of hydrogen-bond acceptors (Lipinski definition) is 3. The van der Waals surface area contributed by atoms with Gasteiger partial charge in [0.05, 0.1) is 17.3 Å². The number of rotatable bonds is 2. The highest BCUT2D eigenvalue weighted by Crippen LogP contribution is 2.29. The molecule has 0 bridgehead atoms. The van der Waals surface area contributed by atoms with E-state index >= 15 is 0 Å². The van der Waals surface area contributed by atoms with E-state index in [-0.39, 0.29) is 0 Å². The Balaban J connectivity index is 1.96. The summed E-state index contributed by atoms with van der Waals surface area (Å²) in [6.07, 6.45) is 2.36. The topological polar surface area (TPSA) is 33.6 Å². The van der Waals surface area contributed by atoms with E-state index in [4.69, 9.17) is 9.73 Å². The summed E-state index contributed by atoms with van der Waals surface area (Å²) in [6.45, 7) is 6.15. The van der Waals surface area contributed by atoms with Gasteiger partial charge in [-0.15, -0.1) is 0 Å². The molecule has 0 fully saturated rings. The first-order chi connectivity index (χ1) is 8.75. The molecule has 3 heteroatoms. The molecule has 0 aromatic heterocycles. The summed E-state index contributed by atoms with van der Waals surface area (Å²) in [7, 11) is 0. The van der Waals surface area contributed by atoms with Crippen molar-refractivity contribution in [2.75, 3.05) is 18.5 Å². The van der Waals surface area contributed by atoms with Gasteiger partial charge in [0.2, 0.25) is 5.90 Å². The Morgan fingerprint density at radius 2 is 2.28 bits per heavy atom. The first-order valence-corrected chi connectivity index (χ1v) is 6.82. The summed E-state index contributed by atoms with van der Waals surface area (Å²) in [5.41, 5.74) is 3.75. The van der Waals surface area contributed by atoms with E-state index in [9.17, 15) is 0 Å². The number of benzene rings is 1. The average molecular weight is 244 g/mol. The average Bonchev–Trinajstić information content (AvgIpc) is 2.87. The number of anilines is 1. The van der Waals surface area contributed by atoms with Crippen molar-refractivity contribution in [2.24, 2.45) is 10.9 Å². The Kier molecular flexibility index (Phi) is 2.98. The molecule has 2 aliphatic heterocycles. The summed E-state index contributed by atoms with van der Waals surface area (Å²) in [5, 5.41) is 3.49. The lowest BCUT2D eigenvalue weighted by molar-refractivity contribution is 0.292. The Morgan fingerprint density at radius 3 is 3.06 bits per heavy atom. The number of aryl methyl sites for hydroxylation is 1. The van der Waals surface area contributed by atoms with Crippen LogP contribution >= 0.6 is 0 Å². The molecular formula is C15H20N2O. The number of ether oxygens (including phenoxy) is 1. The number of hydrogen-bond donors (Lipinski definition) is 1. The number of aliphatic imine (C=N–C) groups is 1. The smallest absolute Gasteiger partial charge is 0.218 e. The van der Waals surface area contributed by atoms with Gasteiger partial charge in [0.15, 0.2) is 0 Å². The molecule has 3 nitrogen and oxygen atoms in total. The van der Waals surface area contributed by atoms with Gasteiger partial charge in [-0.05, 0) is 30.4 Å². The maximum Gasteiger partial charge on any atom is 0.218 e. The normalized spacial score (nSPS) is 22.2. The van der Waals surface area contributed by atoms with Crippen LogP contribution in [0, 0.1) is 5.92 Å². The summed E-state index contributed by atoms with van der Waals surface area (Å²) in [4.78, 5) is 4.72. The highest BCUT2D eigenvalue weighted by atomic mass is 16.5. The van der Waals surface area contributed by atoms with Crippen LogP contribution in [0.1, 0.15) is 31.4 Å². The molecule has 0 saturated carbocycles. The fourth-order valence-corrected chi connectivity index (χ4v) is 2.57. The van der Waals surface area contributed by atoms with Crippen molar-refractivity contribution in [1.82, 2.24) is 0 Å². The fourth-order valence-electron chi connectivity index (χ4n) is 2.57. The van der Waals surface area contributed by atoms with E-state index in [1.807, 2.05) is 0 Å². The Bertz CT molecular complexity index is 479. The Morgan fingerprint density at radius 1 is 1.39 bits per heavy atom. The third kappa shape index (κ3) is 1.98. The van der Waals surface area contributed by atoms with Crippen molar-refractivity contribution >= 4 is 11.6 Å². The van der Waals surface area contributed by atoms with Crippen LogP contribution in [0.15, 0.2) is 23.2 Å². The third-order valence-corrected chi connectivity index (χ3v) is 3.75. The van der Waals surface area contributed by atoms with Crippen LogP contribution in [0.25, 0.3) is 0 Å². The van der Waals surface area contributed by atoms with Crippen molar-refractivity contribution in [1.29, 1.82) is 0 Å². The van der Waals surface area contributed by atoms with Crippen molar-refractivity contribution in [3.8, 4) is 0 Å². The van der Waals surface area contributed by atoms with Gasteiger partial charge in [0.1, 0.15) is 6.61 Å². The lowest BCUT2D eigenvalue weighted by atomic mass is 9.99. The van der Waals surface area contributed by atoms with Crippen LogP contribution < -0.4 is 5.32 Å². The van der Waals surface area contributed by atoms with Crippen LogP contribution in [-0.2, 0) is 11.2 Å². The molecular weight excluding hydrogens is 224 g/mol. The van der Waals surface area contributed by atoms with Gasteiger partial charge in [0.25, 0.3) is 0 Å². The molecule has 2 aliphatic rings. The first kappa shape index (κ1) is 11.6. The monoisotopic (exact) mass is 244 g/mol. The van der Waals surface area contributed by atoms with E-state index in [0.717, 1.165) is 31.0 Å². The lowest BCUT2D eigenvalue weighted by Crippen LogP contribution is -2.16. The molecule has 1 aromatic carbocycles. The molecule has 1 atom stereocenters. The van der Waals surface area contributed by atoms with Gasteiger partial charge in [-0.2, -0.15) is 0 Å². The van der Waals surface area contributed by atoms with Gasteiger partial charge >= 0.3 is 0 Å². The number of fused-ring (bicyclic) bond motifs is 1. The summed E-state index contributed by atoms with van der Waals surface area (Å²) < 4.78 is 5.79.